The SMILES string of the molecule is CCCCOC(=O)C[C@H](NC(=O)OC(C)(C)C)C(=O)OCCC(C)C. The lowest BCUT2D eigenvalue weighted by molar-refractivity contribution is -0.153. The maximum absolute atomic E-state index is 12.2. The number of unbranched alkanes of at least 4 members (excludes halogenated alkanes) is 1. The highest BCUT2D eigenvalue weighted by molar-refractivity contribution is 5.86. The van der Waals surface area contributed by atoms with Crippen LogP contribution in [-0.2, 0) is 23.8 Å². The molecule has 0 aromatic carbocycles. The molecule has 0 spiro atoms. The number of carbonyl (C=O) groups excluding carboxylic acids is 3. The predicted molar refractivity (Wildman–Crippen MR) is 94.1 cm³/mol. The Kier molecular flexibility index (Phi) is 10.9. The van der Waals surface area contributed by atoms with E-state index >= 15 is 0 Å². The van der Waals surface area contributed by atoms with Crippen molar-refractivity contribution in [2.24, 2.45) is 5.92 Å². The van der Waals surface area contributed by atoms with E-state index in [0.29, 0.717) is 12.3 Å². The lowest BCUT2D eigenvalue weighted by Crippen LogP contribution is -2.45. The standard InChI is InChI=1S/C18H33NO6/c1-7-8-10-23-15(20)12-14(16(21)24-11-9-13(2)3)19-17(22)25-18(4,5)6/h13-14H,7-12H2,1-6H3,(H,19,22)/t14-/m0/s1. The number of esters is 2. The van der Waals surface area contributed by atoms with Crippen molar-refractivity contribution in [3.63, 3.8) is 0 Å². The Hall–Kier alpha value is -1.79. The third-order valence-corrected chi connectivity index (χ3v) is 3.05. The van der Waals surface area contributed by atoms with Crippen LogP contribution >= 0.6 is 0 Å². The summed E-state index contributed by atoms with van der Waals surface area (Å²) >= 11 is 0. The first-order valence-electron chi connectivity index (χ1n) is 8.87. The molecular formula is C18H33NO6. The van der Waals surface area contributed by atoms with Crippen molar-refractivity contribution in [1.29, 1.82) is 0 Å². The zero-order chi connectivity index (χ0) is 19.5. The van der Waals surface area contributed by atoms with Gasteiger partial charge in [-0.2, -0.15) is 0 Å². The fourth-order valence-corrected chi connectivity index (χ4v) is 1.69. The second-order valence-corrected chi connectivity index (χ2v) is 7.33. The normalized spacial score (nSPS) is 12.4. The van der Waals surface area contributed by atoms with Gasteiger partial charge in [-0.15, -0.1) is 0 Å². The number of nitrogens with one attached hydrogen (secondary N) is 1. The molecule has 1 atom stereocenters. The van der Waals surface area contributed by atoms with Crippen molar-refractivity contribution in [2.75, 3.05) is 13.2 Å². The van der Waals surface area contributed by atoms with Crippen LogP contribution in [0.15, 0.2) is 0 Å². The summed E-state index contributed by atoms with van der Waals surface area (Å²) in [5.74, 6) is -0.849. The first-order chi connectivity index (χ1) is 11.5. The molecule has 0 saturated heterocycles. The number of amides is 1. The molecule has 0 aromatic rings. The molecular weight excluding hydrogens is 326 g/mol. The van der Waals surface area contributed by atoms with E-state index in [9.17, 15) is 14.4 Å². The summed E-state index contributed by atoms with van der Waals surface area (Å²) in [7, 11) is 0. The summed E-state index contributed by atoms with van der Waals surface area (Å²) in [5.41, 5.74) is -0.711. The number of carbonyl (C=O) groups is 3. The number of ether oxygens (including phenoxy) is 3. The van der Waals surface area contributed by atoms with Gasteiger partial charge in [0.15, 0.2) is 0 Å². The highest BCUT2D eigenvalue weighted by Crippen LogP contribution is 2.09. The van der Waals surface area contributed by atoms with Crippen LogP contribution in [0, 0.1) is 5.92 Å². The van der Waals surface area contributed by atoms with Crippen LogP contribution in [0.25, 0.3) is 0 Å². The summed E-state index contributed by atoms with van der Waals surface area (Å²) in [5, 5.41) is 2.40. The Morgan fingerprint density at radius 1 is 1.04 bits per heavy atom. The lowest BCUT2D eigenvalue weighted by atomic mass is 10.1. The van der Waals surface area contributed by atoms with Gasteiger partial charge < -0.3 is 19.5 Å². The molecule has 0 bridgehead atoms. The van der Waals surface area contributed by atoms with Crippen LogP contribution in [-0.4, -0.2) is 42.9 Å². The lowest BCUT2D eigenvalue weighted by Gasteiger charge is -2.22. The van der Waals surface area contributed by atoms with E-state index in [2.05, 4.69) is 5.32 Å². The second-order valence-electron chi connectivity index (χ2n) is 7.33. The van der Waals surface area contributed by atoms with Gasteiger partial charge in [0.25, 0.3) is 0 Å². The number of hydrogen-bond acceptors (Lipinski definition) is 6. The van der Waals surface area contributed by atoms with Gasteiger partial charge in [0.05, 0.1) is 19.6 Å². The summed E-state index contributed by atoms with van der Waals surface area (Å²) in [6, 6.07) is -1.13. The Morgan fingerprint density at radius 3 is 2.20 bits per heavy atom. The maximum atomic E-state index is 12.2. The van der Waals surface area contributed by atoms with Gasteiger partial charge in [-0.1, -0.05) is 27.2 Å². The molecule has 0 aliphatic carbocycles. The topological polar surface area (TPSA) is 90.9 Å². The van der Waals surface area contributed by atoms with Crippen molar-refractivity contribution in [1.82, 2.24) is 5.32 Å². The van der Waals surface area contributed by atoms with Crippen molar-refractivity contribution in [3.8, 4) is 0 Å². The number of rotatable bonds is 10. The maximum Gasteiger partial charge on any atom is 0.408 e. The molecule has 0 heterocycles. The zero-order valence-electron chi connectivity index (χ0n) is 16.3. The molecule has 0 unspecified atom stereocenters. The minimum Gasteiger partial charge on any atom is -0.466 e. The number of alkyl carbamates (subject to hydrolysis) is 1. The fraction of sp³-hybridized carbons (Fsp3) is 0.833. The van der Waals surface area contributed by atoms with Gasteiger partial charge in [0, 0.05) is 0 Å². The molecule has 0 saturated carbocycles. The molecule has 146 valence electrons. The molecule has 0 aromatic heterocycles. The largest absolute Gasteiger partial charge is 0.466 e. The van der Waals surface area contributed by atoms with Crippen LogP contribution in [0.3, 0.4) is 0 Å². The van der Waals surface area contributed by atoms with E-state index < -0.39 is 29.7 Å². The molecule has 0 rings (SSSR count). The first kappa shape index (κ1) is 23.2. The predicted octanol–water partition coefficient (Wildman–Crippen LogP) is 3.20. The molecule has 0 aliphatic heterocycles. The Balaban J connectivity index is 4.71. The zero-order valence-corrected chi connectivity index (χ0v) is 16.3. The highest BCUT2D eigenvalue weighted by atomic mass is 16.6. The fourth-order valence-electron chi connectivity index (χ4n) is 1.69. The van der Waals surface area contributed by atoms with E-state index in [1.807, 2.05) is 20.8 Å². The van der Waals surface area contributed by atoms with Crippen molar-refractivity contribution >= 4 is 18.0 Å². The number of hydrogen-bond donors (Lipinski definition) is 1. The van der Waals surface area contributed by atoms with Gasteiger partial charge in [0.2, 0.25) is 0 Å². The molecule has 25 heavy (non-hydrogen) atoms. The van der Waals surface area contributed by atoms with E-state index in [0.717, 1.165) is 12.8 Å². The van der Waals surface area contributed by atoms with Crippen molar-refractivity contribution < 1.29 is 28.6 Å². The molecule has 1 amide bonds. The van der Waals surface area contributed by atoms with E-state index in [-0.39, 0.29) is 19.6 Å². The molecule has 7 nitrogen and oxygen atoms in total. The smallest absolute Gasteiger partial charge is 0.408 e. The second kappa shape index (κ2) is 11.7. The van der Waals surface area contributed by atoms with E-state index in [1.54, 1.807) is 20.8 Å². The van der Waals surface area contributed by atoms with Gasteiger partial charge in [-0.25, -0.2) is 9.59 Å². The van der Waals surface area contributed by atoms with Crippen LogP contribution < -0.4 is 5.32 Å². The van der Waals surface area contributed by atoms with Crippen LogP contribution in [0.4, 0.5) is 4.79 Å². The van der Waals surface area contributed by atoms with Gasteiger partial charge in [-0.3, -0.25) is 4.79 Å². The summed E-state index contributed by atoms with van der Waals surface area (Å²) in [6.45, 7) is 11.6. The van der Waals surface area contributed by atoms with E-state index in [1.165, 1.54) is 0 Å². The van der Waals surface area contributed by atoms with Crippen molar-refractivity contribution in [2.45, 2.75) is 78.9 Å². The first-order valence-corrected chi connectivity index (χ1v) is 8.87. The van der Waals surface area contributed by atoms with Gasteiger partial charge >= 0.3 is 18.0 Å². The average molecular weight is 359 g/mol. The van der Waals surface area contributed by atoms with Crippen LogP contribution in [0.2, 0.25) is 0 Å². The van der Waals surface area contributed by atoms with Gasteiger partial charge in [0.1, 0.15) is 11.6 Å². The highest BCUT2D eigenvalue weighted by Gasteiger charge is 2.28. The third-order valence-electron chi connectivity index (χ3n) is 3.05. The molecule has 0 fully saturated rings. The van der Waals surface area contributed by atoms with Crippen LogP contribution in [0.5, 0.6) is 0 Å². The summed E-state index contributed by atoms with van der Waals surface area (Å²) in [4.78, 5) is 36.0. The summed E-state index contributed by atoms with van der Waals surface area (Å²) < 4.78 is 15.3. The Labute approximate surface area is 150 Å². The van der Waals surface area contributed by atoms with Gasteiger partial charge in [-0.05, 0) is 39.5 Å². The average Bonchev–Trinajstić information content (AvgIpc) is 2.44. The van der Waals surface area contributed by atoms with Crippen LogP contribution in [0.1, 0.15) is 67.2 Å². The Morgan fingerprint density at radius 2 is 1.68 bits per heavy atom. The molecule has 0 aliphatic rings. The Bertz CT molecular complexity index is 428. The molecule has 1 N–H and O–H groups in total. The minimum absolute atomic E-state index is 0.230. The molecule has 7 heteroatoms. The molecule has 0 radical (unpaired) electrons. The monoisotopic (exact) mass is 359 g/mol. The van der Waals surface area contributed by atoms with E-state index in [4.69, 9.17) is 14.2 Å². The third kappa shape index (κ3) is 13.2. The van der Waals surface area contributed by atoms with Crippen molar-refractivity contribution in [3.05, 3.63) is 0 Å². The summed E-state index contributed by atoms with van der Waals surface area (Å²) in [6.07, 6.45) is 1.27. The minimum atomic E-state index is -1.13. The quantitative estimate of drug-likeness (QED) is 0.366.